The molecule has 4 aromatic carbocycles. The van der Waals surface area contributed by atoms with Crippen molar-refractivity contribution < 1.29 is 4.42 Å². The normalized spacial score (nSPS) is 11.3. The molecule has 0 saturated carbocycles. The van der Waals surface area contributed by atoms with Crippen LogP contribution >= 0.6 is 0 Å². The zero-order valence-corrected chi connectivity index (χ0v) is 17.6. The van der Waals surface area contributed by atoms with E-state index in [2.05, 4.69) is 78.9 Å². The van der Waals surface area contributed by atoms with Gasteiger partial charge in [-0.25, -0.2) is 9.97 Å². The number of furan rings is 1. The lowest BCUT2D eigenvalue weighted by Crippen LogP contribution is -1.95. The summed E-state index contributed by atoms with van der Waals surface area (Å²) in [4.78, 5) is 9.45. The molecule has 0 N–H and O–H groups in total. The first-order valence-corrected chi connectivity index (χ1v) is 10.7. The maximum absolute atomic E-state index is 6.08. The fourth-order valence-electron chi connectivity index (χ4n) is 4.24. The van der Waals surface area contributed by atoms with Gasteiger partial charge in [-0.3, -0.25) is 0 Å². The molecule has 0 atom stereocenters. The van der Waals surface area contributed by atoms with E-state index in [9.17, 15) is 0 Å². The van der Waals surface area contributed by atoms with E-state index in [0.29, 0.717) is 0 Å². The van der Waals surface area contributed by atoms with Gasteiger partial charge in [-0.2, -0.15) is 0 Å². The van der Waals surface area contributed by atoms with Gasteiger partial charge in [-0.05, 0) is 48.4 Å². The molecule has 0 spiro atoms. The molecular weight excluding hydrogens is 392 g/mol. The number of hydrogen-bond donors (Lipinski definition) is 0. The van der Waals surface area contributed by atoms with Crippen molar-refractivity contribution in [2.75, 3.05) is 0 Å². The Labute approximate surface area is 186 Å². The van der Waals surface area contributed by atoms with Crippen molar-refractivity contribution in [3.63, 3.8) is 0 Å². The highest BCUT2D eigenvalue weighted by Crippen LogP contribution is 2.33. The summed E-state index contributed by atoms with van der Waals surface area (Å²) in [5.41, 5.74) is 8.02. The van der Waals surface area contributed by atoms with Crippen molar-refractivity contribution in [1.29, 1.82) is 0 Å². The molecule has 0 aliphatic rings. The second-order valence-electron chi connectivity index (χ2n) is 7.94. The molecular formula is C29H20N2O. The molecule has 6 rings (SSSR count). The third-order valence-electron chi connectivity index (χ3n) is 5.78. The molecule has 0 aliphatic heterocycles. The van der Waals surface area contributed by atoms with Crippen LogP contribution < -0.4 is 0 Å². The van der Waals surface area contributed by atoms with Gasteiger partial charge in [0.1, 0.15) is 17.0 Å². The van der Waals surface area contributed by atoms with Crippen molar-refractivity contribution in [2.24, 2.45) is 0 Å². The summed E-state index contributed by atoms with van der Waals surface area (Å²) in [5.74, 6) is 0.743. The van der Waals surface area contributed by atoms with Crippen LogP contribution in [0.25, 0.3) is 55.6 Å². The first-order valence-electron chi connectivity index (χ1n) is 10.7. The smallest absolute Gasteiger partial charge is 0.136 e. The lowest BCUT2D eigenvalue weighted by atomic mass is 10.0. The van der Waals surface area contributed by atoms with E-state index in [-0.39, 0.29) is 0 Å². The molecule has 152 valence electrons. The van der Waals surface area contributed by atoms with Crippen molar-refractivity contribution in [2.45, 2.75) is 6.92 Å². The van der Waals surface area contributed by atoms with E-state index in [4.69, 9.17) is 14.4 Å². The minimum absolute atomic E-state index is 0.743. The lowest BCUT2D eigenvalue weighted by Gasteiger charge is -2.09. The number of benzene rings is 4. The van der Waals surface area contributed by atoms with E-state index in [1.165, 1.54) is 11.1 Å². The molecule has 2 aromatic heterocycles. The number of aromatic nitrogens is 2. The zero-order valence-electron chi connectivity index (χ0n) is 17.6. The maximum atomic E-state index is 6.08. The average Bonchev–Trinajstić information content (AvgIpc) is 3.22. The Hall–Kier alpha value is -4.24. The van der Waals surface area contributed by atoms with Crippen LogP contribution in [0.3, 0.4) is 0 Å². The molecule has 2 heterocycles. The van der Waals surface area contributed by atoms with Gasteiger partial charge in [0.2, 0.25) is 0 Å². The molecule has 0 unspecified atom stereocenters. The topological polar surface area (TPSA) is 38.9 Å². The van der Waals surface area contributed by atoms with E-state index in [0.717, 1.165) is 50.3 Å². The Morgan fingerprint density at radius 3 is 2.00 bits per heavy atom. The van der Waals surface area contributed by atoms with Crippen molar-refractivity contribution in [1.82, 2.24) is 9.97 Å². The van der Waals surface area contributed by atoms with E-state index >= 15 is 0 Å². The van der Waals surface area contributed by atoms with Gasteiger partial charge >= 0.3 is 0 Å². The van der Waals surface area contributed by atoms with Gasteiger partial charge in [0.15, 0.2) is 0 Å². The second kappa shape index (κ2) is 7.47. The van der Waals surface area contributed by atoms with Crippen LogP contribution in [-0.4, -0.2) is 9.97 Å². The largest absolute Gasteiger partial charge is 0.456 e. The number of fused-ring (bicyclic) bond motifs is 3. The number of rotatable bonds is 3. The number of aryl methyl sites for hydroxylation is 1. The fourth-order valence-corrected chi connectivity index (χ4v) is 4.24. The molecule has 0 fully saturated rings. The van der Waals surface area contributed by atoms with Crippen LogP contribution in [0.5, 0.6) is 0 Å². The van der Waals surface area contributed by atoms with Crippen molar-refractivity contribution in [3.8, 4) is 33.6 Å². The van der Waals surface area contributed by atoms with E-state index in [1.54, 1.807) is 0 Å². The fraction of sp³-hybridized carbons (Fsp3) is 0.0345. The molecule has 0 amide bonds. The van der Waals surface area contributed by atoms with Gasteiger partial charge in [0, 0.05) is 21.9 Å². The average molecular weight is 412 g/mol. The summed E-state index contributed by atoms with van der Waals surface area (Å²) in [5, 5.41) is 2.25. The standard InChI is InChI=1S/C29H20N2O/c1-19-30-26(22-11-7-10-21(16-22)20-8-3-2-4-9-20)18-27(31-19)23-14-15-25-24-12-5-6-13-28(24)32-29(25)17-23/h2-18H,1H3. The Bertz CT molecular complexity index is 1580. The van der Waals surface area contributed by atoms with Crippen LogP contribution in [0.2, 0.25) is 0 Å². The monoisotopic (exact) mass is 412 g/mol. The maximum Gasteiger partial charge on any atom is 0.136 e. The van der Waals surface area contributed by atoms with Crippen molar-refractivity contribution >= 4 is 21.9 Å². The Kier molecular flexibility index (Phi) is 4.32. The minimum atomic E-state index is 0.743. The molecule has 0 saturated heterocycles. The molecule has 32 heavy (non-hydrogen) atoms. The van der Waals surface area contributed by atoms with E-state index in [1.807, 2.05) is 31.2 Å². The SMILES string of the molecule is Cc1nc(-c2cccc(-c3ccccc3)c2)cc(-c2ccc3c(c2)oc2ccccc23)n1. The summed E-state index contributed by atoms with van der Waals surface area (Å²) in [6.45, 7) is 1.94. The molecule has 6 aromatic rings. The van der Waals surface area contributed by atoms with E-state index < -0.39 is 0 Å². The van der Waals surface area contributed by atoms with Gasteiger partial charge in [0.05, 0.1) is 11.4 Å². The Morgan fingerprint density at radius 2 is 1.16 bits per heavy atom. The molecule has 0 radical (unpaired) electrons. The molecule has 0 aliphatic carbocycles. The summed E-state index contributed by atoms with van der Waals surface area (Å²) < 4.78 is 6.08. The second-order valence-corrected chi connectivity index (χ2v) is 7.94. The van der Waals surface area contributed by atoms with Gasteiger partial charge in [0.25, 0.3) is 0 Å². The zero-order chi connectivity index (χ0) is 21.5. The third-order valence-corrected chi connectivity index (χ3v) is 5.78. The van der Waals surface area contributed by atoms with Crippen LogP contribution in [0.15, 0.2) is 108 Å². The molecule has 0 bridgehead atoms. The quantitative estimate of drug-likeness (QED) is 0.299. The van der Waals surface area contributed by atoms with Crippen LogP contribution in [0.1, 0.15) is 5.82 Å². The van der Waals surface area contributed by atoms with Crippen LogP contribution in [-0.2, 0) is 0 Å². The Morgan fingerprint density at radius 1 is 0.500 bits per heavy atom. The van der Waals surface area contributed by atoms with Crippen molar-refractivity contribution in [3.05, 3.63) is 109 Å². The number of nitrogens with zero attached hydrogens (tertiary/aromatic N) is 2. The van der Waals surface area contributed by atoms with Crippen LogP contribution in [0.4, 0.5) is 0 Å². The number of para-hydroxylation sites is 1. The minimum Gasteiger partial charge on any atom is -0.456 e. The Balaban J connectivity index is 1.45. The van der Waals surface area contributed by atoms with Gasteiger partial charge in [-0.1, -0.05) is 72.8 Å². The molecule has 3 heteroatoms. The van der Waals surface area contributed by atoms with Gasteiger partial charge in [-0.15, -0.1) is 0 Å². The predicted molar refractivity (Wildman–Crippen MR) is 130 cm³/mol. The predicted octanol–water partition coefficient (Wildman–Crippen LogP) is 7.69. The summed E-state index contributed by atoms with van der Waals surface area (Å²) >= 11 is 0. The highest BCUT2D eigenvalue weighted by atomic mass is 16.3. The molecule has 3 nitrogen and oxygen atoms in total. The lowest BCUT2D eigenvalue weighted by molar-refractivity contribution is 0.669. The summed E-state index contributed by atoms with van der Waals surface area (Å²) in [7, 11) is 0. The number of hydrogen-bond acceptors (Lipinski definition) is 3. The first-order chi connectivity index (χ1) is 15.7. The highest BCUT2D eigenvalue weighted by Gasteiger charge is 2.11. The first kappa shape index (κ1) is 18.5. The van der Waals surface area contributed by atoms with Crippen LogP contribution in [0, 0.1) is 6.92 Å². The third kappa shape index (κ3) is 3.25. The van der Waals surface area contributed by atoms with Gasteiger partial charge < -0.3 is 4.42 Å². The highest BCUT2D eigenvalue weighted by molar-refractivity contribution is 6.05. The summed E-state index contributed by atoms with van der Waals surface area (Å²) in [6, 6.07) is 35.4. The summed E-state index contributed by atoms with van der Waals surface area (Å²) in [6.07, 6.45) is 0.